The van der Waals surface area contributed by atoms with E-state index in [0.717, 1.165) is 64.7 Å². The van der Waals surface area contributed by atoms with Crippen LogP contribution in [0.3, 0.4) is 0 Å². The fourth-order valence-corrected chi connectivity index (χ4v) is 4.12. The van der Waals surface area contributed by atoms with Crippen molar-refractivity contribution in [1.82, 2.24) is 15.5 Å². The second kappa shape index (κ2) is 12.4. The first-order chi connectivity index (χ1) is 11.7. The summed E-state index contributed by atoms with van der Waals surface area (Å²) in [6, 6.07) is 0.517. The van der Waals surface area contributed by atoms with E-state index in [1.165, 1.54) is 12.8 Å². The summed E-state index contributed by atoms with van der Waals surface area (Å²) in [7, 11) is 0. The molecule has 0 radical (unpaired) electrons. The van der Waals surface area contributed by atoms with Crippen LogP contribution in [-0.4, -0.2) is 73.8 Å². The molecule has 0 spiro atoms. The highest BCUT2D eigenvalue weighted by Crippen LogP contribution is 2.33. The van der Waals surface area contributed by atoms with Crippen LogP contribution in [0.1, 0.15) is 32.6 Å². The highest BCUT2D eigenvalue weighted by Gasteiger charge is 2.31. The van der Waals surface area contributed by atoms with E-state index in [2.05, 4.69) is 35.3 Å². The molecule has 0 aromatic rings. The van der Waals surface area contributed by atoms with Crippen LogP contribution in [0.5, 0.6) is 0 Å². The Balaban J connectivity index is 0.00000312. The lowest BCUT2D eigenvalue weighted by Crippen LogP contribution is -2.49. The average molecular weight is 482 g/mol. The zero-order valence-corrected chi connectivity index (χ0v) is 18.9. The molecule has 0 aromatic carbocycles. The Morgan fingerprint density at radius 1 is 1.36 bits per heavy atom. The van der Waals surface area contributed by atoms with Crippen molar-refractivity contribution < 1.29 is 4.74 Å². The molecule has 2 aliphatic rings. The summed E-state index contributed by atoms with van der Waals surface area (Å²) in [5.41, 5.74) is 0. The summed E-state index contributed by atoms with van der Waals surface area (Å²) >= 11 is 1.95. The van der Waals surface area contributed by atoms with Gasteiger partial charge in [-0.25, -0.2) is 0 Å². The third-order valence-corrected chi connectivity index (χ3v) is 6.43. The predicted molar refractivity (Wildman–Crippen MR) is 120 cm³/mol. The molecule has 0 bridgehead atoms. The molecule has 2 saturated heterocycles. The number of thioether (sulfide) groups is 1. The number of piperidine rings is 1. The molecule has 2 heterocycles. The predicted octanol–water partition coefficient (Wildman–Crippen LogP) is 2.72. The van der Waals surface area contributed by atoms with E-state index in [0.29, 0.717) is 6.04 Å². The Hall–Kier alpha value is 0.01000. The molecule has 146 valence electrons. The topological polar surface area (TPSA) is 48.9 Å². The maximum absolute atomic E-state index is 5.53. The third kappa shape index (κ3) is 7.64. The minimum absolute atomic E-state index is 0. The number of guanidine groups is 1. The molecule has 7 heteroatoms. The maximum Gasteiger partial charge on any atom is 0.191 e. The van der Waals surface area contributed by atoms with Gasteiger partial charge in [-0.2, -0.15) is 11.8 Å². The molecule has 0 saturated carbocycles. The van der Waals surface area contributed by atoms with Crippen LogP contribution in [0.2, 0.25) is 0 Å². The lowest BCUT2D eigenvalue weighted by Gasteiger charge is -2.35. The lowest BCUT2D eigenvalue weighted by molar-refractivity contribution is 0.0794. The van der Waals surface area contributed by atoms with Gasteiger partial charge in [0, 0.05) is 50.2 Å². The number of rotatable bonds is 7. The van der Waals surface area contributed by atoms with Gasteiger partial charge in [0.05, 0.1) is 6.54 Å². The van der Waals surface area contributed by atoms with Crippen LogP contribution in [-0.2, 0) is 4.74 Å². The van der Waals surface area contributed by atoms with Crippen molar-refractivity contribution in [2.75, 3.05) is 52.2 Å². The molecule has 25 heavy (non-hydrogen) atoms. The van der Waals surface area contributed by atoms with Gasteiger partial charge >= 0.3 is 0 Å². The summed E-state index contributed by atoms with van der Waals surface area (Å²) in [6.07, 6.45) is 8.72. The molecule has 5 nitrogen and oxygen atoms in total. The molecular weight excluding hydrogens is 447 g/mol. The van der Waals surface area contributed by atoms with Crippen molar-refractivity contribution in [3.05, 3.63) is 12.7 Å². The van der Waals surface area contributed by atoms with E-state index in [-0.39, 0.29) is 28.7 Å². The fraction of sp³-hybridized carbons (Fsp3) is 0.833. The second-order valence-corrected chi connectivity index (χ2v) is 7.98. The van der Waals surface area contributed by atoms with Crippen LogP contribution < -0.4 is 10.6 Å². The number of likely N-dealkylation sites (tertiary alicyclic amines) is 1. The van der Waals surface area contributed by atoms with Gasteiger partial charge in [-0.05, 0) is 38.9 Å². The lowest BCUT2D eigenvalue weighted by atomic mass is 9.99. The third-order valence-electron chi connectivity index (χ3n) is 5.02. The van der Waals surface area contributed by atoms with Crippen LogP contribution >= 0.6 is 35.7 Å². The number of nitrogens with one attached hydrogen (secondary N) is 2. The molecule has 0 atom stereocenters. The monoisotopic (exact) mass is 482 g/mol. The summed E-state index contributed by atoms with van der Waals surface area (Å²) in [4.78, 5) is 7.38. The van der Waals surface area contributed by atoms with Gasteiger partial charge in [0.25, 0.3) is 0 Å². The Morgan fingerprint density at radius 2 is 2.04 bits per heavy atom. The first-order valence-corrected chi connectivity index (χ1v) is 10.4. The Kier molecular flexibility index (Phi) is 11.4. The number of halogens is 1. The van der Waals surface area contributed by atoms with E-state index >= 15 is 0 Å². The summed E-state index contributed by atoms with van der Waals surface area (Å²) in [5.74, 6) is 0.972. The molecule has 0 aliphatic carbocycles. The van der Waals surface area contributed by atoms with Crippen LogP contribution in [0, 0.1) is 0 Å². The van der Waals surface area contributed by atoms with Crippen molar-refractivity contribution in [3.63, 3.8) is 0 Å². The number of ether oxygens (including phenoxy) is 1. The van der Waals surface area contributed by atoms with Crippen molar-refractivity contribution in [2.24, 2.45) is 4.99 Å². The van der Waals surface area contributed by atoms with Crippen LogP contribution in [0.25, 0.3) is 0 Å². The molecule has 2 aliphatic heterocycles. The summed E-state index contributed by atoms with van der Waals surface area (Å²) in [6.45, 7) is 12.7. The average Bonchev–Trinajstić information content (AvgIpc) is 2.62. The highest BCUT2D eigenvalue weighted by atomic mass is 127. The first-order valence-electron chi connectivity index (χ1n) is 9.22. The highest BCUT2D eigenvalue weighted by molar-refractivity contribution is 14.0. The molecule has 0 unspecified atom stereocenters. The van der Waals surface area contributed by atoms with E-state index < -0.39 is 0 Å². The normalized spacial score (nSPS) is 22.1. The van der Waals surface area contributed by atoms with Crippen molar-refractivity contribution in [2.45, 2.75) is 43.4 Å². The standard InChI is InChI=1S/C18H34N4OS.HI/c1-4-10-22-11-6-16(7-12-22)21-17(19-5-2)20-15-18(24-3)8-13-23-14-9-18;/h4,16H,1,5-15H2,2-3H3,(H2,19,20,21);1H. The molecule has 2 fully saturated rings. The second-order valence-electron chi connectivity index (χ2n) is 6.70. The first kappa shape index (κ1) is 23.0. The summed E-state index contributed by atoms with van der Waals surface area (Å²) in [5, 5.41) is 7.06. The van der Waals surface area contributed by atoms with E-state index in [4.69, 9.17) is 9.73 Å². The zero-order valence-electron chi connectivity index (χ0n) is 15.8. The number of aliphatic imine (C=N–C) groups is 1. The molecular formula is C18H35IN4OS. The van der Waals surface area contributed by atoms with Crippen LogP contribution in [0.15, 0.2) is 17.6 Å². The Bertz CT molecular complexity index is 408. The van der Waals surface area contributed by atoms with E-state index in [9.17, 15) is 0 Å². The van der Waals surface area contributed by atoms with Gasteiger partial charge in [0.2, 0.25) is 0 Å². The Labute approximate surface area is 174 Å². The van der Waals surface area contributed by atoms with Gasteiger partial charge in [-0.3, -0.25) is 9.89 Å². The van der Waals surface area contributed by atoms with Gasteiger partial charge < -0.3 is 15.4 Å². The molecule has 2 N–H and O–H groups in total. The minimum atomic E-state index is 0. The molecule has 0 aromatic heterocycles. The number of hydrogen-bond donors (Lipinski definition) is 2. The van der Waals surface area contributed by atoms with Gasteiger partial charge in [-0.15, -0.1) is 30.6 Å². The quantitative estimate of drug-likeness (QED) is 0.253. The van der Waals surface area contributed by atoms with E-state index in [1.54, 1.807) is 0 Å². The largest absolute Gasteiger partial charge is 0.381 e. The van der Waals surface area contributed by atoms with Crippen LogP contribution in [0.4, 0.5) is 0 Å². The van der Waals surface area contributed by atoms with Gasteiger partial charge in [0.1, 0.15) is 0 Å². The van der Waals surface area contributed by atoms with Crippen molar-refractivity contribution >= 4 is 41.7 Å². The maximum atomic E-state index is 5.53. The minimum Gasteiger partial charge on any atom is -0.381 e. The Morgan fingerprint density at radius 3 is 2.60 bits per heavy atom. The van der Waals surface area contributed by atoms with Gasteiger partial charge in [-0.1, -0.05) is 6.08 Å². The van der Waals surface area contributed by atoms with Gasteiger partial charge in [0.15, 0.2) is 5.96 Å². The van der Waals surface area contributed by atoms with Crippen molar-refractivity contribution in [1.29, 1.82) is 0 Å². The number of hydrogen-bond acceptors (Lipinski definition) is 4. The molecule has 0 amide bonds. The SMILES string of the molecule is C=CCN1CCC(NC(=NCC2(SC)CCOCC2)NCC)CC1.I. The van der Waals surface area contributed by atoms with Crippen molar-refractivity contribution in [3.8, 4) is 0 Å². The smallest absolute Gasteiger partial charge is 0.191 e. The number of nitrogens with zero attached hydrogens (tertiary/aromatic N) is 2. The van der Waals surface area contributed by atoms with E-state index in [1.807, 2.05) is 17.8 Å². The fourth-order valence-electron chi connectivity index (χ4n) is 3.35. The summed E-state index contributed by atoms with van der Waals surface area (Å²) < 4.78 is 5.77. The molecule has 2 rings (SSSR count). The zero-order chi connectivity index (χ0) is 17.3.